The quantitative estimate of drug-likeness (QED) is 0.423. The van der Waals surface area contributed by atoms with Crippen LogP contribution < -0.4 is 19.1 Å². The molecule has 34 heavy (non-hydrogen) atoms. The van der Waals surface area contributed by atoms with E-state index in [0.717, 1.165) is 23.0 Å². The highest BCUT2D eigenvalue weighted by atomic mass is 32.2. The summed E-state index contributed by atoms with van der Waals surface area (Å²) in [5, 5.41) is 2.57. The molecule has 1 saturated heterocycles. The van der Waals surface area contributed by atoms with E-state index in [1.807, 2.05) is 19.1 Å². The lowest BCUT2D eigenvalue weighted by Gasteiger charge is -2.31. The molecule has 0 unspecified atom stereocenters. The topological polar surface area (TPSA) is 78.0 Å². The normalized spacial score (nSPS) is 14.7. The molecular weight excluding hydrogens is 472 g/mol. The maximum atomic E-state index is 13.3. The Balaban J connectivity index is 1.39. The third kappa shape index (κ3) is 5.31. The predicted molar refractivity (Wildman–Crippen MR) is 134 cm³/mol. The molecule has 0 amide bonds. The summed E-state index contributed by atoms with van der Waals surface area (Å²) < 4.78 is 42.7. The van der Waals surface area contributed by atoms with E-state index in [4.69, 9.17) is 19.2 Å². The van der Waals surface area contributed by atoms with Crippen molar-refractivity contribution >= 4 is 26.3 Å². The molecule has 3 aromatic rings. The van der Waals surface area contributed by atoms with Crippen molar-refractivity contribution in [1.82, 2.24) is 4.98 Å². The number of thiazole rings is 1. The molecule has 0 aliphatic carbocycles. The Morgan fingerprint density at radius 2 is 1.74 bits per heavy atom. The number of benzene rings is 2. The van der Waals surface area contributed by atoms with Crippen molar-refractivity contribution in [3.05, 3.63) is 59.1 Å². The number of nitrogens with zero attached hydrogens (tertiary/aromatic N) is 2. The zero-order valence-electron chi connectivity index (χ0n) is 19.7. The van der Waals surface area contributed by atoms with Crippen LogP contribution in [0.5, 0.6) is 17.2 Å². The number of hydrogen-bond donors (Lipinski definition) is 0. The van der Waals surface area contributed by atoms with Gasteiger partial charge in [0.1, 0.15) is 22.1 Å². The summed E-state index contributed by atoms with van der Waals surface area (Å²) in [6.45, 7) is 3.93. The average Bonchev–Trinajstić information content (AvgIpc) is 3.33. The van der Waals surface area contributed by atoms with Crippen LogP contribution in [0, 0.1) is 0 Å². The summed E-state index contributed by atoms with van der Waals surface area (Å²) in [5.74, 6) is 1.76. The van der Waals surface area contributed by atoms with Gasteiger partial charge in [0.05, 0.1) is 31.8 Å². The van der Waals surface area contributed by atoms with Crippen molar-refractivity contribution in [2.24, 2.45) is 0 Å². The number of methoxy groups -OCH3 is 2. The maximum Gasteiger partial charge on any atom is 0.185 e. The minimum absolute atomic E-state index is 0.223. The second kappa shape index (κ2) is 10.7. The molecular formula is C25H30N2O5S2. The standard InChI is InChI=1S/C25H30N2O5S2/c1-4-32-20-7-5-18(6-8-20)15-19-17-33-25(26-19)27-13-11-22(12-14-27)34(28,29)24-10-9-21(30-2)16-23(24)31-3/h5-10,16-17,22H,4,11-15H2,1-3H3. The highest BCUT2D eigenvalue weighted by molar-refractivity contribution is 7.92. The highest BCUT2D eigenvalue weighted by Gasteiger charge is 2.34. The Morgan fingerprint density at radius 1 is 1.03 bits per heavy atom. The first-order valence-electron chi connectivity index (χ1n) is 11.3. The zero-order chi connectivity index (χ0) is 24.1. The van der Waals surface area contributed by atoms with Crippen molar-refractivity contribution in [1.29, 1.82) is 0 Å². The SMILES string of the molecule is CCOc1ccc(Cc2csc(N3CCC(S(=O)(=O)c4ccc(OC)cc4OC)CC3)n2)cc1. The molecule has 182 valence electrons. The number of ether oxygens (including phenoxy) is 3. The fourth-order valence-corrected chi connectivity index (χ4v) is 6.90. The fraction of sp³-hybridized carbons (Fsp3) is 0.400. The van der Waals surface area contributed by atoms with Crippen molar-refractivity contribution in [2.75, 3.05) is 38.8 Å². The molecule has 0 radical (unpaired) electrons. The second-order valence-corrected chi connectivity index (χ2v) is 11.2. The number of piperidine rings is 1. The second-order valence-electron chi connectivity index (χ2n) is 8.12. The number of hydrogen-bond acceptors (Lipinski definition) is 8. The van der Waals surface area contributed by atoms with Gasteiger partial charge >= 0.3 is 0 Å². The molecule has 1 fully saturated rings. The van der Waals surface area contributed by atoms with Gasteiger partial charge < -0.3 is 19.1 Å². The molecule has 0 N–H and O–H groups in total. The van der Waals surface area contributed by atoms with E-state index in [9.17, 15) is 8.42 Å². The Kier molecular flexibility index (Phi) is 7.63. The van der Waals surface area contributed by atoms with Gasteiger partial charge in [-0.2, -0.15) is 0 Å². The van der Waals surface area contributed by atoms with E-state index in [0.29, 0.717) is 44.0 Å². The van der Waals surface area contributed by atoms with Crippen LogP contribution >= 0.6 is 11.3 Å². The van der Waals surface area contributed by atoms with Crippen molar-refractivity contribution in [3.8, 4) is 17.2 Å². The van der Waals surface area contributed by atoms with E-state index in [1.165, 1.54) is 12.7 Å². The third-order valence-electron chi connectivity index (χ3n) is 5.99. The van der Waals surface area contributed by atoms with Crippen molar-refractivity contribution in [2.45, 2.75) is 36.3 Å². The Labute approximate surface area is 205 Å². The first-order chi connectivity index (χ1) is 16.4. The van der Waals surface area contributed by atoms with Gasteiger partial charge in [-0.05, 0) is 49.6 Å². The smallest absolute Gasteiger partial charge is 0.185 e. The van der Waals surface area contributed by atoms with Crippen LogP contribution in [0.4, 0.5) is 5.13 Å². The van der Waals surface area contributed by atoms with Crippen LogP contribution in [-0.4, -0.2) is 52.6 Å². The van der Waals surface area contributed by atoms with Crippen LogP contribution in [0.2, 0.25) is 0 Å². The molecule has 0 bridgehead atoms. The monoisotopic (exact) mass is 502 g/mol. The molecule has 7 nitrogen and oxygen atoms in total. The van der Waals surface area contributed by atoms with Crippen LogP contribution in [0.3, 0.4) is 0 Å². The van der Waals surface area contributed by atoms with Crippen LogP contribution in [-0.2, 0) is 16.3 Å². The molecule has 4 rings (SSSR count). The number of rotatable bonds is 9. The first-order valence-corrected chi connectivity index (χ1v) is 13.7. The summed E-state index contributed by atoms with van der Waals surface area (Å²) in [5.41, 5.74) is 2.19. The molecule has 0 saturated carbocycles. The minimum Gasteiger partial charge on any atom is -0.497 e. The molecule has 1 aliphatic rings. The van der Waals surface area contributed by atoms with Gasteiger partial charge in [0.2, 0.25) is 0 Å². The Morgan fingerprint density at radius 3 is 2.38 bits per heavy atom. The van der Waals surface area contributed by atoms with Crippen molar-refractivity contribution < 1.29 is 22.6 Å². The average molecular weight is 503 g/mol. The lowest BCUT2D eigenvalue weighted by atomic mass is 10.1. The van der Waals surface area contributed by atoms with E-state index in [-0.39, 0.29) is 4.90 Å². The Hall–Kier alpha value is -2.78. The summed E-state index contributed by atoms with van der Waals surface area (Å²) >= 11 is 1.61. The largest absolute Gasteiger partial charge is 0.497 e. The third-order valence-corrected chi connectivity index (χ3v) is 9.24. The van der Waals surface area contributed by atoms with E-state index in [1.54, 1.807) is 36.6 Å². The maximum absolute atomic E-state index is 13.3. The molecule has 2 aromatic carbocycles. The molecule has 2 heterocycles. The lowest BCUT2D eigenvalue weighted by Crippen LogP contribution is -2.39. The van der Waals surface area contributed by atoms with Crippen LogP contribution in [0.1, 0.15) is 31.0 Å². The van der Waals surface area contributed by atoms with Gasteiger partial charge in [-0.1, -0.05) is 12.1 Å². The zero-order valence-corrected chi connectivity index (χ0v) is 21.3. The molecule has 0 atom stereocenters. The first kappa shape index (κ1) is 24.3. The molecule has 9 heteroatoms. The fourth-order valence-electron chi connectivity index (χ4n) is 4.15. The van der Waals surface area contributed by atoms with Crippen molar-refractivity contribution in [3.63, 3.8) is 0 Å². The summed E-state index contributed by atoms with van der Waals surface area (Å²) in [4.78, 5) is 7.22. The lowest BCUT2D eigenvalue weighted by molar-refractivity contribution is 0.340. The summed E-state index contributed by atoms with van der Waals surface area (Å²) in [6.07, 6.45) is 1.85. The van der Waals surface area contributed by atoms with E-state index < -0.39 is 15.1 Å². The summed E-state index contributed by atoms with van der Waals surface area (Å²) in [6, 6.07) is 12.9. The number of sulfone groups is 1. The number of anilines is 1. The van der Waals surface area contributed by atoms with Gasteiger partial charge in [0.15, 0.2) is 15.0 Å². The molecule has 1 aliphatic heterocycles. The van der Waals surface area contributed by atoms with Gasteiger partial charge in [-0.25, -0.2) is 13.4 Å². The molecule has 1 aromatic heterocycles. The molecule has 0 spiro atoms. The van der Waals surface area contributed by atoms with Gasteiger partial charge in [0, 0.05) is 31.0 Å². The van der Waals surface area contributed by atoms with Gasteiger partial charge in [-0.3, -0.25) is 0 Å². The van der Waals surface area contributed by atoms with Crippen LogP contribution in [0.25, 0.3) is 0 Å². The minimum atomic E-state index is -3.51. The van der Waals surface area contributed by atoms with Gasteiger partial charge in [-0.15, -0.1) is 11.3 Å². The van der Waals surface area contributed by atoms with Gasteiger partial charge in [0.25, 0.3) is 0 Å². The van der Waals surface area contributed by atoms with E-state index >= 15 is 0 Å². The van der Waals surface area contributed by atoms with E-state index in [2.05, 4.69) is 22.4 Å². The van der Waals surface area contributed by atoms with Crippen LogP contribution in [0.15, 0.2) is 52.7 Å². The predicted octanol–water partition coefficient (Wildman–Crippen LogP) is 4.59. The number of aromatic nitrogens is 1. The Bertz CT molecular complexity index is 1200. The highest BCUT2D eigenvalue weighted by Crippen LogP contribution is 2.35. The summed E-state index contributed by atoms with van der Waals surface area (Å²) in [7, 11) is -0.495.